The van der Waals surface area contributed by atoms with Gasteiger partial charge < -0.3 is 14.7 Å². The number of hydrogen-bond acceptors (Lipinski definition) is 3. The van der Waals surface area contributed by atoms with Crippen molar-refractivity contribution in [3.05, 3.63) is 29.1 Å². The van der Waals surface area contributed by atoms with Crippen molar-refractivity contribution in [3.8, 4) is 5.75 Å². The fourth-order valence-electron chi connectivity index (χ4n) is 1.57. The van der Waals surface area contributed by atoms with Gasteiger partial charge in [-0.05, 0) is 6.07 Å². The standard InChI is InChI=1S/C12H13ClF3NO3/c1-17(4-6(13)5-20-2)12(19)7-3-8(14)10(16)11(18)9(7)15/h3,6,18H,4-5H2,1-2H3. The van der Waals surface area contributed by atoms with Gasteiger partial charge in [-0.3, -0.25) is 4.79 Å². The highest BCUT2D eigenvalue weighted by Gasteiger charge is 2.25. The van der Waals surface area contributed by atoms with E-state index in [0.717, 1.165) is 4.90 Å². The zero-order valence-electron chi connectivity index (χ0n) is 10.8. The quantitative estimate of drug-likeness (QED) is 0.669. The third-order valence-electron chi connectivity index (χ3n) is 2.53. The minimum Gasteiger partial charge on any atom is -0.503 e. The number of methoxy groups -OCH3 is 1. The number of phenolic OH excluding ortho intramolecular Hbond substituents is 1. The topological polar surface area (TPSA) is 49.8 Å². The molecule has 0 aliphatic heterocycles. The zero-order chi connectivity index (χ0) is 15.4. The SMILES string of the molecule is COCC(Cl)CN(C)C(=O)c1cc(F)c(F)c(O)c1F. The molecule has 1 amide bonds. The molecule has 0 radical (unpaired) electrons. The van der Waals surface area contributed by atoms with Crippen molar-refractivity contribution in [2.75, 3.05) is 27.3 Å². The molecule has 0 saturated heterocycles. The molecular weight excluding hydrogens is 299 g/mol. The molecule has 1 N–H and O–H groups in total. The molecule has 1 unspecified atom stereocenters. The van der Waals surface area contributed by atoms with E-state index in [0.29, 0.717) is 6.07 Å². The maximum Gasteiger partial charge on any atom is 0.256 e. The van der Waals surface area contributed by atoms with Gasteiger partial charge in [-0.25, -0.2) is 8.78 Å². The van der Waals surface area contributed by atoms with Gasteiger partial charge in [-0.1, -0.05) is 0 Å². The first kappa shape index (κ1) is 16.6. The summed E-state index contributed by atoms with van der Waals surface area (Å²) in [6.45, 7) is 0.165. The van der Waals surface area contributed by atoms with Gasteiger partial charge in [0, 0.05) is 20.7 Å². The molecule has 8 heteroatoms. The number of nitrogens with zero attached hydrogens (tertiary/aromatic N) is 1. The lowest BCUT2D eigenvalue weighted by molar-refractivity contribution is 0.0775. The second-order valence-corrected chi connectivity index (χ2v) is 4.74. The van der Waals surface area contributed by atoms with E-state index in [2.05, 4.69) is 0 Å². The number of amides is 1. The van der Waals surface area contributed by atoms with Crippen LogP contribution in [-0.4, -0.2) is 48.6 Å². The fourth-order valence-corrected chi connectivity index (χ4v) is 1.90. The van der Waals surface area contributed by atoms with E-state index in [4.69, 9.17) is 21.4 Å². The summed E-state index contributed by atoms with van der Waals surface area (Å²) in [6.07, 6.45) is 0. The van der Waals surface area contributed by atoms with Gasteiger partial charge in [0.2, 0.25) is 5.82 Å². The van der Waals surface area contributed by atoms with Crippen LogP contribution in [0.3, 0.4) is 0 Å². The molecule has 112 valence electrons. The summed E-state index contributed by atoms with van der Waals surface area (Å²) in [6, 6.07) is 0.392. The van der Waals surface area contributed by atoms with Crippen LogP contribution in [0.5, 0.6) is 5.75 Å². The summed E-state index contributed by atoms with van der Waals surface area (Å²) in [7, 11) is 2.73. The van der Waals surface area contributed by atoms with Crippen LogP contribution in [0.4, 0.5) is 13.2 Å². The van der Waals surface area contributed by atoms with Crippen LogP contribution in [0.25, 0.3) is 0 Å². The molecule has 4 nitrogen and oxygen atoms in total. The van der Waals surface area contributed by atoms with Gasteiger partial charge in [-0.2, -0.15) is 4.39 Å². The summed E-state index contributed by atoms with van der Waals surface area (Å²) >= 11 is 5.84. The van der Waals surface area contributed by atoms with E-state index in [9.17, 15) is 18.0 Å². The molecule has 0 aliphatic rings. The molecule has 1 rings (SSSR count). The molecule has 0 bridgehead atoms. The lowest BCUT2D eigenvalue weighted by Crippen LogP contribution is -2.34. The van der Waals surface area contributed by atoms with Crippen molar-refractivity contribution in [3.63, 3.8) is 0 Å². The number of ether oxygens (including phenoxy) is 1. The van der Waals surface area contributed by atoms with Gasteiger partial charge in [0.1, 0.15) is 0 Å². The molecule has 20 heavy (non-hydrogen) atoms. The van der Waals surface area contributed by atoms with Gasteiger partial charge in [0.05, 0.1) is 17.5 Å². The second-order valence-electron chi connectivity index (χ2n) is 4.12. The average Bonchev–Trinajstić information content (AvgIpc) is 2.39. The molecule has 0 aliphatic carbocycles. The zero-order valence-corrected chi connectivity index (χ0v) is 11.5. The predicted octanol–water partition coefficient (Wildman–Crippen LogP) is 2.14. The number of hydrogen-bond donors (Lipinski definition) is 1. The van der Waals surface area contributed by atoms with Gasteiger partial charge >= 0.3 is 0 Å². The fraction of sp³-hybridized carbons (Fsp3) is 0.417. The molecular formula is C12H13ClF3NO3. The maximum atomic E-state index is 13.6. The smallest absolute Gasteiger partial charge is 0.256 e. The lowest BCUT2D eigenvalue weighted by Gasteiger charge is -2.20. The van der Waals surface area contributed by atoms with Crippen molar-refractivity contribution in [1.29, 1.82) is 0 Å². The van der Waals surface area contributed by atoms with E-state index in [-0.39, 0.29) is 13.2 Å². The summed E-state index contributed by atoms with van der Waals surface area (Å²) in [4.78, 5) is 12.9. The Morgan fingerprint density at radius 3 is 2.60 bits per heavy atom. The molecule has 0 saturated carbocycles. The molecule has 1 atom stereocenters. The van der Waals surface area contributed by atoms with Crippen molar-refractivity contribution in [1.82, 2.24) is 4.90 Å². The van der Waals surface area contributed by atoms with Crippen molar-refractivity contribution >= 4 is 17.5 Å². The number of halogens is 4. The van der Waals surface area contributed by atoms with Crippen LogP contribution < -0.4 is 0 Å². The van der Waals surface area contributed by atoms with E-state index in [1.54, 1.807) is 0 Å². The van der Waals surface area contributed by atoms with Crippen LogP contribution in [0.1, 0.15) is 10.4 Å². The Labute approximate surface area is 118 Å². The van der Waals surface area contributed by atoms with Gasteiger partial charge in [-0.15, -0.1) is 11.6 Å². The third kappa shape index (κ3) is 3.55. The molecule has 0 aromatic heterocycles. The molecule has 1 aromatic carbocycles. The number of carbonyl (C=O) groups excluding carboxylic acids is 1. The van der Waals surface area contributed by atoms with Crippen LogP contribution in [0, 0.1) is 17.5 Å². The third-order valence-corrected chi connectivity index (χ3v) is 2.79. The first-order chi connectivity index (χ1) is 9.29. The average molecular weight is 312 g/mol. The van der Waals surface area contributed by atoms with Crippen LogP contribution >= 0.6 is 11.6 Å². The molecule has 0 spiro atoms. The first-order valence-electron chi connectivity index (χ1n) is 5.54. The largest absolute Gasteiger partial charge is 0.503 e. The van der Waals surface area contributed by atoms with E-state index >= 15 is 0 Å². The number of phenols is 1. The Morgan fingerprint density at radius 2 is 2.05 bits per heavy atom. The minimum atomic E-state index is -1.74. The normalized spacial score (nSPS) is 12.3. The van der Waals surface area contributed by atoms with Crippen LogP contribution in [0.2, 0.25) is 0 Å². The highest BCUT2D eigenvalue weighted by molar-refractivity contribution is 6.21. The number of rotatable bonds is 5. The summed E-state index contributed by atoms with van der Waals surface area (Å²) < 4.78 is 44.4. The van der Waals surface area contributed by atoms with E-state index < -0.39 is 40.0 Å². The Bertz CT molecular complexity index is 513. The predicted molar refractivity (Wildman–Crippen MR) is 66.5 cm³/mol. The molecule has 1 aromatic rings. The second kappa shape index (κ2) is 6.81. The first-order valence-corrected chi connectivity index (χ1v) is 5.98. The number of benzene rings is 1. The van der Waals surface area contributed by atoms with Gasteiger partial charge in [0.15, 0.2) is 17.4 Å². The summed E-state index contributed by atoms with van der Waals surface area (Å²) in [5.41, 5.74) is -0.773. The Morgan fingerprint density at radius 1 is 1.45 bits per heavy atom. The van der Waals surface area contributed by atoms with E-state index in [1.807, 2.05) is 0 Å². The highest BCUT2D eigenvalue weighted by Crippen LogP contribution is 2.26. The van der Waals surface area contributed by atoms with Crippen molar-refractivity contribution in [2.24, 2.45) is 0 Å². The number of alkyl halides is 1. The Balaban J connectivity index is 2.98. The Hall–Kier alpha value is -1.47. The number of aromatic hydroxyl groups is 1. The molecule has 0 heterocycles. The highest BCUT2D eigenvalue weighted by atomic mass is 35.5. The van der Waals surface area contributed by atoms with Crippen LogP contribution in [0.15, 0.2) is 6.07 Å². The lowest BCUT2D eigenvalue weighted by atomic mass is 10.1. The minimum absolute atomic E-state index is 0.00737. The maximum absolute atomic E-state index is 13.6. The van der Waals surface area contributed by atoms with Crippen molar-refractivity contribution < 1.29 is 27.8 Å². The summed E-state index contributed by atoms with van der Waals surface area (Å²) in [5.74, 6) is -7.23. The monoisotopic (exact) mass is 311 g/mol. The number of carbonyl (C=O) groups is 1. The van der Waals surface area contributed by atoms with Gasteiger partial charge in [0.25, 0.3) is 5.91 Å². The summed E-state index contributed by atoms with van der Waals surface area (Å²) in [5, 5.41) is 8.51. The van der Waals surface area contributed by atoms with Crippen LogP contribution in [-0.2, 0) is 4.74 Å². The molecule has 0 fully saturated rings. The van der Waals surface area contributed by atoms with E-state index in [1.165, 1.54) is 14.2 Å². The van der Waals surface area contributed by atoms with Crippen molar-refractivity contribution in [2.45, 2.75) is 5.38 Å². The Kier molecular flexibility index (Phi) is 5.64.